The van der Waals surface area contributed by atoms with E-state index in [-0.39, 0.29) is 156 Å². The summed E-state index contributed by atoms with van der Waals surface area (Å²) in [5, 5.41) is 26.9. The Labute approximate surface area is 903 Å². The highest BCUT2D eigenvalue weighted by atomic mass is 16.6. The van der Waals surface area contributed by atoms with Crippen LogP contribution in [0.1, 0.15) is 402 Å². The summed E-state index contributed by atoms with van der Waals surface area (Å²) in [6, 6.07) is 13.9. The summed E-state index contributed by atoms with van der Waals surface area (Å²) < 4.78 is 20.1. The normalized spacial score (nSPS) is 16.9. The van der Waals surface area contributed by atoms with Crippen molar-refractivity contribution in [2.45, 2.75) is 395 Å². The maximum Gasteiger partial charge on any atom is 0.397 e. The van der Waals surface area contributed by atoms with E-state index in [2.05, 4.69) is 344 Å². The summed E-state index contributed by atoms with van der Waals surface area (Å²) in [4.78, 5) is 142. The summed E-state index contributed by atoms with van der Waals surface area (Å²) in [6.45, 7) is 102. The average Bonchev–Trinajstić information content (AvgIpc) is 1.18. The van der Waals surface area contributed by atoms with E-state index in [4.69, 9.17) is 18.5 Å². The quantitative estimate of drug-likeness (QED) is 0.0316. The number of ketones is 3. The second kappa shape index (κ2) is 63.7. The molecule has 4 aromatic rings. The lowest BCUT2D eigenvalue weighted by Crippen LogP contribution is -2.48. The first kappa shape index (κ1) is 138. The molecular weight excluding hydrogens is 1870 g/mol. The van der Waals surface area contributed by atoms with E-state index in [1.165, 1.54) is 12.8 Å². The number of aliphatic imine (C=N–C) groups is 1. The summed E-state index contributed by atoms with van der Waals surface area (Å²) in [5.74, 6) is 7.26. The van der Waals surface area contributed by atoms with Crippen LogP contribution in [0.3, 0.4) is 0 Å². The number of nitrogens with one attached hydrogen (secondary N) is 4. The third kappa shape index (κ3) is 51.7. The number of hydrogen-bond donors (Lipinski definition) is 4. The van der Waals surface area contributed by atoms with Crippen molar-refractivity contribution in [2.75, 3.05) is 65.8 Å². The zero-order valence-electron chi connectivity index (χ0n) is 102. The first-order chi connectivity index (χ1) is 68.4. The lowest BCUT2D eigenvalue weighted by atomic mass is 9.69. The lowest BCUT2D eigenvalue weighted by molar-refractivity contribution is -0.144. The number of carbonyl (C=O) groups excluding carboxylic acids is 10. The number of esters is 1. The molecule has 0 radical (unpaired) electrons. The average molecular weight is 2090 g/mol. The molecule has 8 rings (SSSR count). The smallest absolute Gasteiger partial charge is 0.397 e. The Bertz CT molecular complexity index is 4590. The zero-order chi connectivity index (χ0) is 115. The Hall–Kier alpha value is -8.82. The molecule has 4 N–H and O–H groups in total. The predicted octanol–water partition coefficient (Wildman–Crippen LogP) is 25.5. The second-order valence-corrected chi connectivity index (χ2v) is 53.8. The Balaban J connectivity index is 0.000000853. The van der Waals surface area contributed by atoms with E-state index >= 15 is 0 Å². The fraction of sp³-hybridized carbons (Fsp3) is 0.785. The number of Topliss-reactive ketones (excluding diaryl/α,β-unsaturated/α-hetero) is 3. The van der Waals surface area contributed by atoms with Gasteiger partial charge in [0.05, 0.1) is 13.2 Å². The molecule has 9 unspecified atom stereocenters. The molecule has 9 atom stereocenters. The zero-order valence-corrected chi connectivity index (χ0v) is 102. The fourth-order valence-electron chi connectivity index (χ4n) is 22.8. The number of aryl methyl sites for hydroxylation is 2. The highest BCUT2D eigenvalue weighted by molar-refractivity contribution is 5.90. The summed E-state index contributed by atoms with van der Waals surface area (Å²) in [7, 11) is 0. The molecule has 3 saturated heterocycles. The Morgan fingerprint density at radius 1 is 0.456 bits per heavy atom. The number of azo groups is 1. The minimum Gasteiger partial charge on any atom is -0.459 e. The van der Waals surface area contributed by atoms with Gasteiger partial charge in [-0.2, -0.15) is 15.1 Å². The van der Waals surface area contributed by atoms with Crippen molar-refractivity contribution in [1.82, 2.24) is 56.3 Å². The van der Waals surface area contributed by atoms with Crippen LogP contribution in [0.2, 0.25) is 0 Å². The number of piperidine rings is 2. The van der Waals surface area contributed by atoms with E-state index in [1.807, 2.05) is 61.2 Å². The highest BCUT2D eigenvalue weighted by Crippen LogP contribution is 2.43. The van der Waals surface area contributed by atoms with E-state index in [0.717, 1.165) is 88.4 Å². The van der Waals surface area contributed by atoms with Crippen molar-refractivity contribution in [3.63, 3.8) is 0 Å². The molecule has 0 saturated carbocycles. The van der Waals surface area contributed by atoms with Crippen LogP contribution in [-0.4, -0.2) is 165 Å². The lowest BCUT2D eigenvalue weighted by Gasteiger charge is -2.39. The molecule has 4 aliphatic rings. The van der Waals surface area contributed by atoms with Gasteiger partial charge in [-0.3, -0.25) is 48.1 Å². The molecule has 7 heterocycles. The molecule has 149 heavy (non-hydrogen) atoms. The van der Waals surface area contributed by atoms with Crippen LogP contribution in [0, 0.1) is 162 Å². The molecule has 850 valence electrons. The minimum atomic E-state index is -0.636. The number of rotatable bonds is 34. The number of benzene rings is 1. The van der Waals surface area contributed by atoms with Gasteiger partial charge in [0.15, 0.2) is 24.2 Å². The molecule has 0 bridgehead atoms. The Morgan fingerprint density at radius 2 is 0.846 bits per heavy atom. The Kier molecular flexibility index (Phi) is 59.1. The van der Waals surface area contributed by atoms with E-state index in [0.29, 0.717) is 141 Å². The first-order valence-corrected chi connectivity index (χ1v) is 55.8. The molecule has 1 aromatic carbocycles. The molecule has 3 fully saturated rings. The maximum absolute atomic E-state index is 12.8. The van der Waals surface area contributed by atoms with Crippen LogP contribution in [0.4, 0.5) is 0 Å². The van der Waals surface area contributed by atoms with Gasteiger partial charge >= 0.3 is 11.9 Å². The van der Waals surface area contributed by atoms with Gasteiger partial charge in [0.1, 0.15) is 17.3 Å². The predicted molar refractivity (Wildman–Crippen MR) is 603 cm³/mol. The van der Waals surface area contributed by atoms with Gasteiger partial charge in [-0.1, -0.05) is 331 Å². The van der Waals surface area contributed by atoms with Gasteiger partial charge in [-0.15, -0.1) is 5.11 Å². The van der Waals surface area contributed by atoms with Crippen molar-refractivity contribution in [1.29, 1.82) is 0 Å². The van der Waals surface area contributed by atoms with Crippen LogP contribution in [0.25, 0.3) is 0 Å². The van der Waals surface area contributed by atoms with Crippen molar-refractivity contribution in [3.8, 4) is 0 Å². The van der Waals surface area contributed by atoms with Gasteiger partial charge in [0, 0.05) is 150 Å². The summed E-state index contributed by atoms with van der Waals surface area (Å²) in [6.07, 6.45) is 13.1. The van der Waals surface area contributed by atoms with Gasteiger partial charge in [-0.05, 0) is 191 Å². The van der Waals surface area contributed by atoms with E-state index in [9.17, 15) is 47.9 Å². The number of likely N-dealkylation sites (tertiary alicyclic amines) is 2. The van der Waals surface area contributed by atoms with E-state index < -0.39 is 5.97 Å². The number of nitrogens with zero attached hydrogens (tertiary/aromatic N) is 10. The summed E-state index contributed by atoms with van der Waals surface area (Å²) >= 11 is 0. The number of carbonyl (C=O) groups is 10. The number of amidine groups is 1. The van der Waals surface area contributed by atoms with Crippen LogP contribution in [0.15, 0.2) is 79.1 Å². The largest absolute Gasteiger partial charge is 0.459 e. The standard InChI is InChI=1S/C17H32O2.C16H27N3O4.C16H29NO2.C16H25NO.C15H24N2O.C15H29NO.C14H24N2O2.C12H22N4O/c1-13(2)15(16(3,4)5)14(18)7-8-17(6)9-11-19-12-10-17;1-7-22-15(21)14-18-11(19-23-14)8-9-17-13(20)12(10(2)3)16(4,5)6;1-11(2)14(16(4,5)6)15(19)17-9-7-8-13(10-17)12(3)18;1-12(2)14(16(3,4)5)15(18)17-11-13-9-7-6-8-10-13;1-11(2)13(15(3,4)5)14(18)17-10-12-6-8-16-9-7-12;1-11(2)13(15(4,5)6)14(17)16-9-7-12(3)8-10-16;1-9(2)13(14(4,5)6)11(17)7-8-12-15-10(3)16-18-12;1-8(2)10(12(3,4)5)11(17)13-6-9-14-7-15-16-9/h13,15H,7-12H2,1-6H3;10,12H,7-9H2,1-6H3,(H,17,20);11,13-14H,7-10H2,1-6H3;6-10,12,14H,11H2,1-5H3,(H,17,18);6-9,11,13H,10H2,1-5H3,(H,17,18);11-13H,7-10H2,1-6H3;9,13H,7-8H2,1-6H3;8,10H,6-7H2,1-5H3,(H,13,17). The van der Waals surface area contributed by atoms with Gasteiger partial charge < -0.3 is 49.6 Å². The van der Waals surface area contributed by atoms with Gasteiger partial charge in [0.2, 0.25) is 41.3 Å². The van der Waals surface area contributed by atoms with Crippen LogP contribution in [-0.2, 0) is 78.6 Å². The summed E-state index contributed by atoms with van der Waals surface area (Å²) in [5.41, 5.74) is 2.45. The van der Waals surface area contributed by atoms with Crippen LogP contribution in [0.5, 0.6) is 0 Å². The molecule has 4 aliphatic heterocycles. The molecule has 0 spiro atoms. The maximum atomic E-state index is 12.8. The topological polar surface area (TPSA) is 372 Å². The van der Waals surface area contributed by atoms with Crippen molar-refractivity contribution >= 4 is 64.6 Å². The molecular formula is C121H212N14O14. The van der Waals surface area contributed by atoms with Crippen LogP contribution < -0.4 is 21.3 Å². The Morgan fingerprint density at radius 3 is 1.21 bits per heavy atom. The highest BCUT2D eigenvalue weighted by Gasteiger charge is 2.44. The number of pyridine rings is 1. The molecule has 3 aromatic heterocycles. The second-order valence-electron chi connectivity index (χ2n) is 53.8. The van der Waals surface area contributed by atoms with Gasteiger partial charge in [-0.25, -0.2) is 9.79 Å². The van der Waals surface area contributed by atoms with Crippen molar-refractivity contribution in [3.05, 3.63) is 89.4 Å². The number of aromatic nitrogens is 5. The minimum absolute atomic E-state index is 0.00396. The SMILES string of the molecule is CC(=O)C1CCCN(C(=O)C(C(C)C)C(C)(C)C)C1.CC(C)C(C(=O)CCC1(C)CCOCC1)C(C)(C)C.CC(C)C(C(=O)NCC1=NCN=N1)C(C)(C)C.CC(C)C(C(=O)NCc1ccccc1)C(C)(C)C.CC(C)C(C(=O)NCc1ccncc1)C(C)(C)C.CC1CCN(C(=O)C(C(C)C)C(C)(C)C)CC1.CCOC(=O)c1nc(CCNC(=O)C(C(C)C)C(C)(C)C)no1.Cc1noc(CCC(=O)C(C(C)C)C(C)(C)C)n1. The van der Waals surface area contributed by atoms with E-state index in [1.54, 1.807) is 33.2 Å². The molecule has 6 amide bonds. The number of ether oxygens (including phenoxy) is 2. The van der Waals surface area contributed by atoms with Crippen molar-refractivity contribution in [2.24, 2.45) is 170 Å². The molecule has 0 aliphatic carbocycles. The fourth-order valence-corrected chi connectivity index (χ4v) is 22.8. The molecule has 28 heteroatoms. The monoisotopic (exact) mass is 2090 g/mol. The third-order valence-electron chi connectivity index (χ3n) is 28.4. The number of amides is 6. The first-order valence-electron chi connectivity index (χ1n) is 55.8. The van der Waals surface area contributed by atoms with Crippen molar-refractivity contribution < 1.29 is 66.5 Å². The number of hydrogen-bond acceptors (Lipinski definition) is 22. The molecule has 28 nitrogen and oxygen atoms in total. The third-order valence-corrected chi connectivity index (χ3v) is 28.4. The van der Waals surface area contributed by atoms with Crippen LogP contribution >= 0.6 is 0 Å². The van der Waals surface area contributed by atoms with Gasteiger partial charge in [0.25, 0.3) is 0 Å².